The molecule has 5 heteroatoms. The van der Waals surface area contributed by atoms with Crippen LogP contribution in [0.4, 0.5) is 5.69 Å². The molecule has 0 radical (unpaired) electrons. The summed E-state index contributed by atoms with van der Waals surface area (Å²) in [7, 11) is 1.61. The zero-order valence-corrected chi connectivity index (χ0v) is 11.8. The normalized spacial score (nSPS) is 10.6. The Kier molecular flexibility index (Phi) is 3.31. The van der Waals surface area contributed by atoms with E-state index in [2.05, 4.69) is 10.1 Å². The van der Waals surface area contributed by atoms with Crippen LogP contribution >= 0.6 is 0 Å². The van der Waals surface area contributed by atoms with Crippen molar-refractivity contribution in [3.05, 3.63) is 48.0 Å². The van der Waals surface area contributed by atoms with Gasteiger partial charge in [0.05, 0.1) is 12.7 Å². The highest BCUT2D eigenvalue weighted by Crippen LogP contribution is 2.31. The van der Waals surface area contributed by atoms with E-state index in [1.54, 1.807) is 7.11 Å². The number of benzene rings is 2. The zero-order valence-electron chi connectivity index (χ0n) is 11.8. The summed E-state index contributed by atoms with van der Waals surface area (Å²) in [5.41, 5.74) is 9.12. The number of rotatable bonds is 3. The molecule has 0 aliphatic rings. The minimum atomic E-state index is 0.424. The molecule has 21 heavy (non-hydrogen) atoms. The third-order valence-electron chi connectivity index (χ3n) is 3.16. The maximum Gasteiger partial charge on any atom is 0.262 e. The molecule has 0 saturated carbocycles. The Labute approximate surface area is 122 Å². The van der Waals surface area contributed by atoms with E-state index in [0.29, 0.717) is 23.2 Å². The van der Waals surface area contributed by atoms with Gasteiger partial charge < -0.3 is 15.0 Å². The van der Waals surface area contributed by atoms with Crippen LogP contribution in [-0.2, 0) is 0 Å². The minimum Gasteiger partial charge on any atom is -0.496 e. The van der Waals surface area contributed by atoms with Gasteiger partial charge in [0, 0.05) is 11.3 Å². The standard InChI is InChI=1S/C16H15N3O2/c1-10-6-7-14(20-2)13(8-10)16-18-15(19-21-16)11-4-3-5-12(17)9-11/h3-9H,17H2,1-2H3. The molecule has 0 saturated heterocycles. The van der Waals surface area contributed by atoms with Gasteiger partial charge in [0.1, 0.15) is 5.75 Å². The molecule has 2 aromatic carbocycles. The zero-order chi connectivity index (χ0) is 14.8. The minimum absolute atomic E-state index is 0.424. The number of nitrogens with zero attached hydrogens (tertiary/aromatic N) is 2. The first-order valence-electron chi connectivity index (χ1n) is 6.52. The highest BCUT2D eigenvalue weighted by molar-refractivity contribution is 5.67. The number of ether oxygens (including phenoxy) is 1. The van der Waals surface area contributed by atoms with Crippen molar-refractivity contribution >= 4 is 5.69 Å². The first-order chi connectivity index (χ1) is 10.2. The third kappa shape index (κ3) is 2.58. The SMILES string of the molecule is COc1ccc(C)cc1-c1nc(-c2cccc(N)c2)no1. The lowest BCUT2D eigenvalue weighted by atomic mass is 10.1. The molecule has 0 unspecified atom stereocenters. The molecule has 0 bridgehead atoms. The lowest BCUT2D eigenvalue weighted by molar-refractivity contribution is 0.405. The van der Waals surface area contributed by atoms with Crippen LogP contribution in [0.15, 0.2) is 47.0 Å². The molecule has 106 valence electrons. The quantitative estimate of drug-likeness (QED) is 0.745. The molecule has 2 N–H and O–H groups in total. The summed E-state index contributed by atoms with van der Waals surface area (Å²) in [5.74, 6) is 1.62. The summed E-state index contributed by atoms with van der Waals surface area (Å²) >= 11 is 0. The largest absolute Gasteiger partial charge is 0.496 e. The molecule has 0 fully saturated rings. The van der Waals surface area contributed by atoms with Crippen LogP contribution in [0.3, 0.4) is 0 Å². The summed E-state index contributed by atoms with van der Waals surface area (Å²) in [4.78, 5) is 4.43. The second kappa shape index (κ2) is 5.28. The molecule has 0 aliphatic carbocycles. The predicted octanol–water partition coefficient (Wildman–Crippen LogP) is 3.30. The molecule has 0 aliphatic heterocycles. The molecule has 1 heterocycles. The van der Waals surface area contributed by atoms with E-state index >= 15 is 0 Å². The number of nitrogen functional groups attached to an aromatic ring is 1. The average molecular weight is 281 g/mol. The molecule has 1 aromatic heterocycles. The number of methoxy groups -OCH3 is 1. The van der Waals surface area contributed by atoms with Crippen molar-refractivity contribution in [1.82, 2.24) is 10.1 Å². The molecule has 3 aromatic rings. The Morgan fingerprint density at radius 1 is 1.14 bits per heavy atom. The van der Waals surface area contributed by atoms with Crippen LogP contribution in [-0.4, -0.2) is 17.3 Å². The number of aryl methyl sites for hydroxylation is 1. The maximum atomic E-state index is 5.77. The average Bonchev–Trinajstić information content (AvgIpc) is 2.97. The fourth-order valence-electron chi connectivity index (χ4n) is 2.12. The highest BCUT2D eigenvalue weighted by Gasteiger charge is 2.15. The second-order valence-corrected chi connectivity index (χ2v) is 4.75. The summed E-state index contributed by atoms with van der Waals surface area (Å²) in [6.45, 7) is 2.00. The highest BCUT2D eigenvalue weighted by atomic mass is 16.5. The van der Waals surface area contributed by atoms with Crippen molar-refractivity contribution in [3.8, 4) is 28.6 Å². The van der Waals surface area contributed by atoms with Crippen molar-refractivity contribution in [3.63, 3.8) is 0 Å². The van der Waals surface area contributed by atoms with Gasteiger partial charge in [-0.15, -0.1) is 0 Å². The maximum absolute atomic E-state index is 5.77. The Balaban J connectivity index is 2.04. The topological polar surface area (TPSA) is 74.2 Å². The predicted molar refractivity (Wildman–Crippen MR) is 80.9 cm³/mol. The van der Waals surface area contributed by atoms with Crippen molar-refractivity contribution in [2.45, 2.75) is 6.92 Å². The van der Waals surface area contributed by atoms with Crippen LogP contribution in [0.2, 0.25) is 0 Å². The Hall–Kier alpha value is -2.82. The summed E-state index contributed by atoms with van der Waals surface area (Å²) in [6.07, 6.45) is 0. The van der Waals surface area contributed by atoms with Crippen LogP contribution in [0.1, 0.15) is 5.56 Å². The van der Waals surface area contributed by atoms with Crippen molar-refractivity contribution < 1.29 is 9.26 Å². The van der Waals surface area contributed by atoms with Gasteiger partial charge in [-0.3, -0.25) is 0 Å². The van der Waals surface area contributed by atoms with E-state index < -0.39 is 0 Å². The van der Waals surface area contributed by atoms with Gasteiger partial charge in [-0.25, -0.2) is 0 Å². The van der Waals surface area contributed by atoms with Gasteiger partial charge in [-0.1, -0.05) is 28.9 Å². The van der Waals surface area contributed by atoms with Gasteiger partial charge in [0.2, 0.25) is 5.82 Å². The fraction of sp³-hybridized carbons (Fsp3) is 0.125. The molecule has 0 spiro atoms. The monoisotopic (exact) mass is 281 g/mol. The van der Waals surface area contributed by atoms with Crippen molar-refractivity contribution in [2.75, 3.05) is 12.8 Å². The second-order valence-electron chi connectivity index (χ2n) is 4.75. The lowest BCUT2D eigenvalue weighted by Crippen LogP contribution is -1.89. The van der Waals surface area contributed by atoms with E-state index in [1.165, 1.54) is 0 Å². The Morgan fingerprint density at radius 2 is 2.00 bits per heavy atom. The fourth-order valence-corrected chi connectivity index (χ4v) is 2.12. The first kappa shape index (κ1) is 13.2. The van der Waals surface area contributed by atoms with Gasteiger partial charge in [-0.05, 0) is 31.2 Å². The Morgan fingerprint density at radius 3 is 2.76 bits per heavy atom. The van der Waals surface area contributed by atoms with Gasteiger partial charge >= 0.3 is 0 Å². The van der Waals surface area contributed by atoms with Gasteiger partial charge in [0.15, 0.2) is 0 Å². The van der Waals surface area contributed by atoms with Crippen LogP contribution < -0.4 is 10.5 Å². The smallest absolute Gasteiger partial charge is 0.262 e. The summed E-state index contributed by atoms with van der Waals surface area (Å²) < 4.78 is 10.7. The van der Waals surface area contributed by atoms with Crippen molar-refractivity contribution in [1.29, 1.82) is 0 Å². The van der Waals surface area contributed by atoms with E-state index in [0.717, 1.165) is 16.7 Å². The molecular formula is C16H15N3O2. The summed E-state index contributed by atoms with van der Waals surface area (Å²) in [5, 5.41) is 4.01. The summed E-state index contributed by atoms with van der Waals surface area (Å²) in [6, 6.07) is 13.2. The number of hydrogen-bond acceptors (Lipinski definition) is 5. The van der Waals surface area contributed by atoms with Crippen LogP contribution in [0.25, 0.3) is 22.8 Å². The number of aromatic nitrogens is 2. The molecule has 0 atom stereocenters. The lowest BCUT2D eigenvalue weighted by Gasteiger charge is -2.05. The third-order valence-corrected chi connectivity index (χ3v) is 3.16. The number of anilines is 1. The molecular weight excluding hydrogens is 266 g/mol. The van der Waals surface area contributed by atoms with Crippen molar-refractivity contribution in [2.24, 2.45) is 0 Å². The molecule has 3 rings (SSSR count). The first-order valence-corrected chi connectivity index (χ1v) is 6.52. The van der Waals surface area contributed by atoms with Crippen LogP contribution in [0, 0.1) is 6.92 Å². The molecule has 0 amide bonds. The van der Waals surface area contributed by atoms with Gasteiger partial charge in [-0.2, -0.15) is 4.98 Å². The van der Waals surface area contributed by atoms with E-state index in [4.69, 9.17) is 15.0 Å². The van der Waals surface area contributed by atoms with E-state index in [9.17, 15) is 0 Å². The van der Waals surface area contributed by atoms with E-state index in [-0.39, 0.29) is 0 Å². The molecule has 5 nitrogen and oxygen atoms in total. The van der Waals surface area contributed by atoms with E-state index in [1.807, 2.05) is 49.4 Å². The Bertz CT molecular complexity index is 781. The van der Waals surface area contributed by atoms with Gasteiger partial charge in [0.25, 0.3) is 5.89 Å². The number of hydrogen-bond donors (Lipinski definition) is 1. The van der Waals surface area contributed by atoms with Crippen LogP contribution in [0.5, 0.6) is 5.75 Å². The number of nitrogens with two attached hydrogens (primary N) is 1.